The first-order valence-corrected chi connectivity index (χ1v) is 9.72. The maximum Gasteiger partial charge on any atom is 0.194 e. The molecule has 0 aliphatic heterocycles. The van der Waals surface area contributed by atoms with Gasteiger partial charge in [0.25, 0.3) is 0 Å². The second-order valence-electron chi connectivity index (χ2n) is 6.81. The highest BCUT2D eigenvalue weighted by Crippen LogP contribution is 2.41. The Bertz CT molecular complexity index is 1240. The lowest BCUT2D eigenvalue weighted by atomic mass is 9.94. The van der Waals surface area contributed by atoms with Crippen molar-refractivity contribution in [2.24, 2.45) is 0 Å². The molecule has 0 heterocycles. The van der Waals surface area contributed by atoms with E-state index in [0.717, 1.165) is 44.5 Å². The fourth-order valence-corrected chi connectivity index (χ4v) is 4.13. The Morgan fingerprint density at radius 1 is 0.500 bits per heavy atom. The Balaban J connectivity index is 1.59. The molecule has 0 N–H and O–H groups in total. The first-order chi connectivity index (χ1) is 13.6. The molecule has 28 heavy (non-hydrogen) atoms. The molecule has 0 fully saturated rings. The number of carbonyl (C=O) groups is 1. The lowest BCUT2D eigenvalue weighted by molar-refractivity contribution is 0.104. The van der Waals surface area contributed by atoms with E-state index in [0.29, 0.717) is 10.0 Å². The average Bonchev–Trinajstić information content (AvgIpc) is 3.03. The summed E-state index contributed by atoms with van der Waals surface area (Å²) in [5.41, 5.74) is 7.60. The summed E-state index contributed by atoms with van der Waals surface area (Å²) in [5, 5.41) is 1.08. The van der Waals surface area contributed by atoms with E-state index < -0.39 is 0 Å². The third kappa shape index (κ3) is 2.67. The van der Waals surface area contributed by atoms with E-state index in [-0.39, 0.29) is 5.78 Å². The molecule has 0 radical (unpaired) electrons. The molecule has 0 saturated heterocycles. The summed E-state index contributed by atoms with van der Waals surface area (Å²) in [7, 11) is 0. The molecule has 0 unspecified atom stereocenters. The molecular formula is C25H14Cl2O. The molecule has 3 heteroatoms. The van der Waals surface area contributed by atoms with Crippen LogP contribution in [0.1, 0.15) is 15.9 Å². The summed E-state index contributed by atoms with van der Waals surface area (Å²) in [4.78, 5) is 13.0. The molecule has 5 rings (SSSR count). The average molecular weight is 401 g/mol. The lowest BCUT2D eigenvalue weighted by Crippen LogP contribution is -1.98. The van der Waals surface area contributed by atoms with E-state index in [1.54, 1.807) is 6.07 Å². The van der Waals surface area contributed by atoms with Crippen LogP contribution in [-0.2, 0) is 0 Å². The smallest absolute Gasteiger partial charge is 0.194 e. The van der Waals surface area contributed by atoms with E-state index in [4.69, 9.17) is 23.2 Å². The number of hydrogen-bond donors (Lipinski definition) is 0. The number of halogens is 2. The summed E-state index contributed by atoms with van der Waals surface area (Å²) in [5.74, 6) is 0.0924. The quantitative estimate of drug-likeness (QED) is 0.299. The highest BCUT2D eigenvalue weighted by molar-refractivity contribution is 6.42. The van der Waals surface area contributed by atoms with Gasteiger partial charge in [-0.05, 0) is 45.5 Å². The standard InChI is InChI=1S/C25H14Cl2O/c26-22-13-12-17(14-23(22)27)15-8-10-16(11-9-15)18-6-3-7-20-19-4-1-2-5-21(19)25(28)24(18)20/h1-14H. The Morgan fingerprint density at radius 3 is 1.86 bits per heavy atom. The summed E-state index contributed by atoms with van der Waals surface area (Å²) < 4.78 is 0. The van der Waals surface area contributed by atoms with Crippen molar-refractivity contribution in [3.05, 3.63) is 106 Å². The van der Waals surface area contributed by atoms with Crippen LogP contribution in [0, 0.1) is 0 Å². The highest BCUT2D eigenvalue weighted by Gasteiger charge is 2.28. The molecule has 0 saturated carbocycles. The van der Waals surface area contributed by atoms with Crippen LogP contribution in [0.5, 0.6) is 0 Å². The summed E-state index contributed by atoms with van der Waals surface area (Å²) in [6.07, 6.45) is 0. The third-order valence-electron chi connectivity index (χ3n) is 5.20. The lowest BCUT2D eigenvalue weighted by Gasteiger charge is -2.10. The second-order valence-corrected chi connectivity index (χ2v) is 7.62. The Kier molecular flexibility index (Phi) is 4.08. The number of fused-ring (bicyclic) bond motifs is 3. The molecule has 0 amide bonds. The van der Waals surface area contributed by atoms with Gasteiger partial charge in [-0.2, -0.15) is 0 Å². The van der Waals surface area contributed by atoms with Gasteiger partial charge in [0, 0.05) is 11.1 Å². The van der Waals surface area contributed by atoms with Crippen LogP contribution >= 0.6 is 23.2 Å². The zero-order valence-corrected chi connectivity index (χ0v) is 16.3. The molecular weight excluding hydrogens is 387 g/mol. The molecule has 134 valence electrons. The van der Waals surface area contributed by atoms with Crippen molar-refractivity contribution in [1.29, 1.82) is 0 Å². The largest absolute Gasteiger partial charge is 0.289 e. The number of benzene rings is 4. The third-order valence-corrected chi connectivity index (χ3v) is 5.94. The van der Waals surface area contributed by atoms with Gasteiger partial charge >= 0.3 is 0 Å². The molecule has 0 atom stereocenters. The van der Waals surface area contributed by atoms with Crippen molar-refractivity contribution >= 4 is 29.0 Å². The molecule has 1 aliphatic carbocycles. The van der Waals surface area contributed by atoms with Crippen molar-refractivity contribution in [1.82, 2.24) is 0 Å². The maximum absolute atomic E-state index is 13.0. The summed E-state index contributed by atoms with van der Waals surface area (Å²) in [6.45, 7) is 0. The molecule has 1 nitrogen and oxygen atoms in total. The molecule has 0 aromatic heterocycles. The predicted molar refractivity (Wildman–Crippen MR) is 116 cm³/mol. The molecule has 0 bridgehead atoms. The first-order valence-electron chi connectivity index (χ1n) is 8.96. The number of rotatable bonds is 2. The van der Waals surface area contributed by atoms with Crippen molar-refractivity contribution in [2.75, 3.05) is 0 Å². The molecule has 4 aromatic carbocycles. The number of hydrogen-bond acceptors (Lipinski definition) is 1. The van der Waals surface area contributed by atoms with Crippen LogP contribution < -0.4 is 0 Å². The molecule has 4 aromatic rings. The summed E-state index contributed by atoms with van der Waals surface area (Å²) >= 11 is 12.2. The Labute approximate surface area is 173 Å². The minimum Gasteiger partial charge on any atom is -0.289 e. The minimum atomic E-state index is 0.0924. The molecule has 0 spiro atoms. The highest BCUT2D eigenvalue weighted by atomic mass is 35.5. The zero-order valence-electron chi connectivity index (χ0n) is 14.7. The van der Waals surface area contributed by atoms with Crippen LogP contribution in [0.2, 0.25) is 10.0 Å². The van der Waals surface area contributed by atoms with E-state index in [1.807, 2.05) is 78.9 Å². The van der Waals surface area contributed by atoms with Crippen molar-refractivity contribution in [2.45, 2.75) is 0 Å². The normalized spacial score (nSPS) is 12.0. The Morgan fingerprint density at radius 2 is 1.11 bits per heavy atom. The van der Waals surface area contributed by atoms with Crippen molar-refractivity contribution in [3.8, 4) is 33.4 Å². The first kappa shape index (κ1) is 17.2. The monoisotopic (exact) mass is 400 g/mol. The minimum absolute atomic E-state index is 0.0924. The Hall–Kier alpha value is -2.87. The summed E-state index contributed by atoms with van der Waals surface area (Å²) in [6, 6.07) is 27.6. The van der Waals surface area contributed by atoms with E-state index in [9.17, 15) is 4.79 Å². The topological polar surface area (TPSA) is 17.1 Å². The number of carbonyl (C=O) groups excluding carboxylic acids is 1. The predicted octanol–water partition coefficient (Wildman–Crippen LogP) is 7.54. The zero-order chi connectivity index (χ0) is 19.3. The fourth-order valence-electron chi connectivity index (χ4n) is 3.83. The van der Waals surface area contributed by atoms with Crippen LogP contribution in [0.25, 0.3) is 33.4 Å². The maximum atomic E-state index is 13.0. The van der Waals surface area contributed by atoms with Gasteiger partial charge in [0.15, 0.2) is 5.78 Å². The van der Waals surface area contributed by atoms with Crippen molar-refractivity contribution < 1.29 is 4.79 Å². The van der Waals surface area contributed by atoms with Gasteiger partial charge in [0.1, 0.15) is 0 Å². The van der Waals surface area contributed by atoms with Gasteiger partial charge in [-0.15, -0.1) is 0 Å². The van der Waals surface area contributed by atoms with E-state index >= 15 is 0 Å². The van der Waals surface area contributed by atoms with Gasteiger partial charge in [-0.3, -0.25) is 4.79 Å². The van der Waals surface area contributed by atoms with E-state index in [2.05, 4.69) is 0 Å². The van der Waals surface area contributed by atoms with Crippen LogP contribution in [0.15, 0.2) is 84.9 Å². The van der Waals surface area contributed by atoms with Gasteiger partial charge in [-0.25, -0.2) is 0 Å². The second kappa shape index (κ2) is 6.63. The fraction of sp³-hybridized carbons (Fsp3) is 0. The van der Waals surface area contributed by atoms with Gasteiger partial charge in [0.2, 0.25) is 0 Å². The van der Waals surface area contributed by atoms with Gasteiger partial charge < -0.3 is 0 Å². The van der Waals surface area contributed by atoms with Crippen LogP contribution in [0.4, 0.5) is 0 Å². The van der Waals surface area contributed by atoms with E-state index in [1.165, 1.54) is 0 Å². The molecule has 1 aliphatic rings. The van der Waals surface area contributed by atoms with Crippen molar-refractivity contribution in [3.63, 3.8) is 0 Å². The SMILES string of the molecule is O=C1c2ccccc2-c2cccc(-c3ccc(-c4ccc(Cl)c(Cl)c4)cc3)c21. The number of ketones is 1. The van der Waals surface area contributed by atoms with Crippen LogP contribution in [0.3, 0.4) is 0 Å². The van der Waals surface area contributed by atoms with Crippen LogP contribution in [-0.4, -0.2) is 5.78 Å². The van der Waals surface area contributed by atoms with Gasteiger partial charge in [0.05, 0.1) is 10.0 Å². The van der Waals surface area contributed by atoms with Gasteiger partial charge in [-0.1, -0.05) is 96.0 Å².